The van der Waals surface area contributed by atoms with Gasteiger partial charge in [0, 0.05) is 17.4 Å². The number of aromatic nitrogens is 2. The fourth-order valence-corrected chi connectivity index (χ4v) is 1.45. The van der Waals surface area contributed by atoms with Crippen LogP contribution in [0.2, 0.25) is 0 Å². The van der Waals surface area contributed by atoms with Gasteiger partial charge in [-0.25, -0.2) is 4.68 Å². The average Bonchev–Trinajstić information content (AvgIpc) is 2.56. The lowest BCUT2D eigenvalue weighted by Crippen LogP contribution is -1.98. The fourth-order valence-electron chi connectivity index (χ4n) is 1.23. The summed E-state index contributed by atoms with van der Waals surface area (Å²) in [6.45, 7) is 0. The average molecular weight is 181 g/mol. The molecule has 1 aromatic heterocycles. The third kappa shape index (κ3) is 1.43. The Hall–Kier alpha value is -1.02. The molecular weight excluding hydrogens is 172 g/mol. The van der Waals surface area contributed by atoms with Crippen LogP contribution in [0.1, 0.15) is 12.8 Å². The molecule has 0 N–H and O–H groups in total. The van der Waals surface area contributed by atoms with Crippen molar-refractivity contribution in [3.8, 4) is 0 Å². The summed E-state index contributed by atoms with van der Waals surface area (Å²) >= 11 is 5.91. The molecule has 0 aliphatic heterocycles. The van der Waals surface area contributed by atoms with Gasteiger partial charge in [-0.1, -0.05) is 17.7 Å². The molecule has 1 aliphatic rings. The second-order valence-corrected chi connectivity index (χ2v) is 3.19. The van der Waals surface area contributed by atoms with E-state index in [1.807, 2.05) is 23.0 Å². The minimum Gasteiger partial charge on any atom is -0.241 e. The number of hydrogen-bond donors (Lipinski definition) is 0. The molecule has 2 nitrogen and oxygen atoms in total. The highest BCUT2D eigenvalue weighted by atomic mass is 35.5. The van der Waals surface area contributed by atoms with Gasteiger partial charge >= 0.3 is 0 Å². The molecule has 12 heavy (non-hydrogen) atoms. The van der Waals surface area contributed by atoms with Gasteiger partial charge in [0.1, 0.15) is 0 Å². The lowest BCUT2D eigenvalue weighted by molar-refractivity contribution is 0.885. The van der Waals surface area contributed by atoms with E-state index in [-0.39, 0.29) is 0 Å². The van der Waals surface area contributed by atoms with Gasteiger partial charge in [0.05, 0.1) is 5.70 Å². The van der Waals surface area contributed by atoms with E-state index in [1.54, 1.807) is 6.20 Å². The number of halogens is 1. The maximum Gasteiger partial charge on any atom is 0.0617 e. The van der Waals surface area contributed by atoms with Crippen molar-refractivity contribution in [2.45, 2.75) is 12.8 Å². The van der Waals surface area contributed by atoms with Gasteiger partial charge in [-0.15, -0.1) is 0 Å². The second-order valence-electron chi connectivity index (χ2n) is 2.71. The molecule has 0 unspecified atom stereocenters. The summed E-state index contributed by atoms with van der Waals surface area (Å²) in [5.41, 5.74) is 1.07. The molecule has 0 radical (unpaired) electrons. The van der Waals surface area contributed by atoms with Crippen molar-refractivity contribution >= 4 is 17.3 Å². The molecule has 1 aliphatic carbocycles. The molecule has 1 heterocycles. The zero-order chi connectivity index (χ0) is 8.39. The Morgan fingerprint density at radius 1 is 1.50 bits per heavy atom. The molecule has 3 heteroatoms. The standard InChI is InChI=1S/C9H9ClN2/c10-8-3-1-4-9(7-8)12-6-2-5-11-12/h2,4-7H,1,3H2. The molecule has 0 saturated heterocycles. The summed E-state index contributed by atoms with van der Waals surface area (Å²) in [6.07, 6.45) is 9.72. The van der Waals surface area contributed by atoms with Crippen LogP contribution in [0.25, 0.3) is 5.70 Å². The Kier molecular flexibility index (Phi) is 2.00. The number of hydrogen-bond acceptors (Lipinski definition) is 1. The molecule has 0 saturated carbocycles. The van der Waals surface area contributed by atoms with Crippen molar-refractivity contribution in [2.24, 2.45) is 0 Å². The smallest absolute Gasteiger partial charge is 0.0617 e. The van der Waals surface area contributed by atoms with Crippen LogP contribution >= 0.6 is 11.6 Å². The van der Waals surface area contributed by atoms with E-state index in [2.05, 4.69) is 11.2 Å². The van der Waals surface area contributed by atoms with Gasteiger partial charge in [-0.3, -0.25) is 0 Å². The first-order valence-electron chi connectivity index (χ1n) is 3.92. The van der Waals surface area contributed by atoms with Crippen LogP contribution in [0, 0.1) is 0 Å². The predicted molar refractivity (Wildman–Crippen MR) is 49.7 cm³/mol. The fraction of sp³-hybridized carbons (Fsp3) is 0.222. The van der Waals surface area contributed by atoms with Crippen molar-refractivity contribution in [1.29, 1.82) is 0 Å². The number of rotatable bonds is 1. The van der Waals surface area contributed by atoms with Crippen LogP contribution in [0.15, 0.2) is 35.6 Å². The van der Waals surface area contributed by atoms with Crippen LogP contribution in [-0.4, -0.2) is 9.78 Å². The van der Waals surface area contributed by atoms with Gasteiger partial charge in [0.2, 0.25) is 0 Å². The Balaban J connectivity index is 2.31. The van der Waals surface area contributed by atoms with Gasteiger partial charge in [-0.05, 0) is 25.0 Å². The molecule has 0 amide bonds. The van der Waals surface area contributed by atoms with E-state index in [4.69, 9.17) is 11.6 Å². The van der Waals surface area contributed by atoms with Crippen LogP contribution in [0.4, 0.5) is 0 Å². The second kappa shape index (κ2) is 3.15. The summed E-state index contributed by atoms with van der Waals surface area (Å²) in [4.78, 5) is 0. The first-order chi connectivity index (χ1) is 5.86. The molecule has 0 spiro atoms. The highest BCUT2D eigenvalue weighted by Crippen LogP contribution is 2.22. The van der Waals surface area contributed by atoms with E-state index in [1.165, 1.54) is 0 Å². The Labute approximate surface area is 76.1 Å². The van der Waals surface area contributed by atoms with Gasteiger partial charge < -0.3 is 0 Å². The third-order valence-electron chi connectivity index (χ3n) is 1.81. The first-order valence-corrected chi connectivity index (χ1v) is 4.30. The van der Waals surface area contributed by atoms with Gasteiger partial charge in [0.15, 0.2) is 0 Å². The minimum absolute atomic E-state index is 0.906. The van der Waals surface area contributed by atoms with E-state index < -0.39 is 0 Å². The van der Waals surface area contributed by atoms with Gasteiger partial charge in [-0.2, -0.15) is 5.10 Å². The summed E-state index contributed by atoms with van der Waals surface area (Å²) in [7, 11) is 0. The van der Waals surface area contributed by atoms with E-state index in [0.29, 0.717) is 0 Å². The molecule has 0 atom stereocenters. The molecule has 0 bridgehead atoms. The quantitative estimate of drug-likeness (QED) is 0.650. The normalized spacial score (nSPS) is 17.1. The topological polar surface area (TPSA) is 17.8 Å². The monoisotopic (exact) mass is 180 g/mol. The highest BCUT2D eigenvalue weighted by molar-refractivity contribution is 6.30. The Bertz CT molecular complexity index is 322. The Morgan fingerprint density at radius 2 is 2.42 bits per heavy atom. The Morgan fingerprint density at radius 3 is 3.08 bits per heavy atom. The SMILES string of the molecule is ClC1=CC(n2cccn2)=CCC1. The molecule has 0 aromatic carbocycles. The van der Waals surface area contributed by atoms with Crippen molar-refractivity contribution < 1.29 is 0 Å². The van der Waals surface area contributed by atoms with E-state index in [9.17, 15) is 0 Å². The summed E-state index contributed by atoms with van der Waals surface area (Å²) in [6, 6.07) is 1.90. The van der Waals surface area contributed by atoms with E-state index in [0.717, 1.165) is 23.6 Å². The molecule has 0 fully saturated rings. The van der Waals surface area contributed by atoms with Crippen molar-refractivity contribution in [3.63, 3.8) is 0 Å². The first kappa shape index (κ1) is 7.62. The van der Waals surface area contributed by atoms with Crippen molar-refractivity contribution in [1.82, 2.24) is 9.78 Å². The molecule has 2 rings (SSSR count). The maximum absolute atomic E-state index is 5.91. The van der Waals surface area contributed by atoms with Crippen LogP contribution < -0.4 is 0 Å². The maximum atomic E-state index is 5.91. The number of nitrogens with zero attached hydrogens (tertiary/aromatic N) is 2. The largest absolute Gasteiger partial charge is 0.241 e. The van der Waals surface area contributed by atoms with Crippen molar-refractivity contribution in [3.05, 3.63) is 35.6 Å². The van der Waals surface area contributed by atoms with Crippen LogP contribution in [-0.2, 0) is 0 Å². The van der Waals surface area contributed by atoms with Crippen LogP contribution in [0.5, 0.6) is 0 Å². The molecule has 1 aromatic rings. The zero-order valence-electron chi connectivity index (χ0n) is 6.57. The van der Waals surface area contributed by atoms with Gasteiger partial charge in [0.25, 0.3) is 0 Å². The minimum atomic E-state index is 0.906. The van der Waals surface area contributed by atoms with Crippen LogP contribution in [0.3, 0.4) is 0 Å². The predicted octanol–water partition coefficient (Wildman–Crippen LogP) is 2.64. The molecular formula is C9H9ClN2. The van der Waals surface area contributed by atoms with Crippen molar-refractivity contribution in [2.75, 3.05) is 0 Å². The lowest BCUT2D eigenvalue weighted by Gasteiger charge is -2.08. The summed E-state index contributed by atoms with van der Waals surface area (Å²) < 4.78 is 1.82. The summed E-state index contributed by atoms with van der Waals surface area (Å²) in [5, 5.41) is 5.03. The highest BCUT2D eigenvalue weighted by Gasteiger charge is 2.04. The number of allylic oxidation sites excluding steroid dienone is 4. The lowest BCUT2D eigenvalue weighted by atomic mass is 10.1. The molecule has 62 valence electrons. The third-order valence-corrected chi connectivity index (χ3v) is 2.11. The van der Waals surface area contributed by atoms with E-state index >= 15 is 0 Å². The summed E-state index contributed by atoms with van der Waals surface area (Å²) in [5.74, 6) is 0. The zero-order valence-corrected chi connectivity index (χ0v) is 7.33.